The molecule has 1 atom stereocenters. The van der Waals surface area contributed by atoms with Gasteiger partial charge in [0.25, 0.3) is 0 Å². The molecular formula is C21H24NO2+. The topological polar surface area (TPSA) is 50.0 Å². The molecule has 0 aliphatic rings. The van der Waals surface area contributed by atoms with Crippen molar-refractivity contribution in [2.75, 3.05) is 0 Å². The Morgan fingerprint density at radius 2 is 1.62 bits per heavy atom. The van der Waals surface area contributed by atoms with Crippen LogP contribution in [0.4, 0.5) is 0 Å². The van der Waals surface area contributed by atoms with Crippen LogP contribution in [-0.2, 0) is 13.1 Å². The summed E-state index contributed by atoms with van der Waals surface area (Å²) in [5.74, 6) is 1.84. The first-order valence-corrected chi connectivity index (χ1v) is 8.36. The number of hydrogen-bond acceptors (Lipinski definition) is 2. The average Bonchev–Trinajstić information content (AvgIpc) is 3.06. The summed E-state index contributed by atoms with van der Waals surface area (Å²) >= 11 is 0. The molecule has 0 aliphatic heterocycles. The van der Waals surface area contributed by atoms with Crippen molar-refractivity contribution >= 4 is 0 Å². The Kier molecular flexibility index (Phi) is 5.14. The van der Waals surface area contributed by atoms with Crippen LogP contribution in [0.25, 0.3) is 11.3 Å². The normalized spacial score (nSPS) is 12.3. The maximum atomic E-state index is 9.57. The van der Waals surface area contributed by atoms with Crippen molar-refractivity contribution in [2.24, 2.45) is 0 Å². The minimum absolute atomic E-state index is 0.442. The van der Waals surface area contributed by atoms with E-state index in [0.717, 1.165) is 35.7 Å². The molecule has 2 aromatic carbocycles. The molecule has 0 radical (unpaired) electrons. The van der Waals surface area contributed by atoms with Crippen molar-refractivity contribution < 1.29 is 14.8 Å². The van der Waals surface area contributed by atoms with E-state index >= 15 is 0 Å². The van der Waals surface area contributed by atoms with Gasteiger partial charge in [-0.25, -0.2) is 0 Å². The molecule has 3 aromatic rings. The number of nitrogens with two attached hydrogens (primary N) is 1. The third kappa shape index (κ3) is 4.13. The lowest BCUT2D eigenvalue weighted by Gasteiger charge is -2.05. The summed E-state index contributed by atoms with van der Waals surface area (Å²) in [6, 6.07) is 20.5. The number of aliphatic hydroxyl groups is 1. The van der Waals surface area contributed by atoms with Gasteiger partial charge in [0.15, 0.2) is 5.76 Å². The summed E-state index contributed by atoms with van der Waals surface area (Å²) in [5, 5.41) is 11.8. The second kappa shape index (κ2) is 7.47. The smallest absolute Gasteiger partial charge is 0.158 e. The van der Waals surface area contributed by atoms with E-state index in [0.29, 0.717) is 0 Å². The van der Waals surface area contributed by atoms with Gasteiger partial charge < -0.3 is 14.8 Å². The Balaban J connectivity index is 1.58. The van der Waals surface area contributed by atoms with Gasteiger partial charge in [-0.3, -0.25) is 0 Å². The highest BCUT2D eigenvalue weighted by Crippen LogP contribution is 2.23. The highest BCUT2D eigenvalue weighted by molar-refractivity contribution is 5.58. The van der Waals surface area contributed by atoms with Crippen molar-refractivity contribution in [3.63, 3.8) is 0 Å². The number of benzene rings is 2. The fraction of sp³-hybridized carbons (Fsp3) is 0.238. The molecule has 0 spiro atoms. The van der Waals surface area contributed by atoms with Gasteiger partial charge >= 0.3 is 0 Å². The first kappa shape index (κ1) is 16.5. The van der Waals surface area contributed by atoms with Gasteiger partial charge in [-0.05, 0) is 31.5 Å². The van der Waals surface area contributed by atoms with Gasteiger partial charge in [-0.1, -0.05) is 54.1 Å². The lowest BCUT2D eigenvalue weighted by atomic mass is 10.1. The molecule has 0 aliphatic carbocycles. The predicted molar refractivity (Wildman–Crippen MR) is 95.3 cm³/mol. The Morgan fingerprint density at radius 1 is 0.917 bits per heavy atom. The molecule has 0 bridgehead atoms. The Bertz CT molecular complexity index is 770. The summed E-state index contributed by atoms with van der Waals surface area (Å²) in [4.78, 5) is 0. The van der Waals surface area contributed by atoms with Gasteiger partial charge in [0.1, 0.15) is 18.8 Å². The van der Waals surface area contributed by atoms with Crippen LogP contribution >= 0.6 is 0 Å². The number of aryl methyl sites for hydroxylation is 1. The average molecular weight is 322 g/mol. The van der Waals surface area contributed by atoms with Crippen LogP contribution in [0.5, 0.6) is 0 Å². The van der Waals surface area contributed by atoms with Gasteiger partial charge in [0, 0.05) is 11.1 Å². The lowest BCUT2D eigenvalue weighted by molar-refractivity contribution is -0.687. The van der Waals surface area contributed by atoms with Crippen molar-refractivity contribution in [3.8, 4) is 11.3 Å². The molecule has 3 rings (SSSR count). The van der Waals surface area contributed by atoms with Crippen molar-refractivity contribution in [2.45, 2.75) is 33.0 Å². The molecule has 0 saturated carbocycles. The van der Waals surface area contributed by atoms with Crippen molar-refractivity contribution in [1.82, 2.24) is 0 Å². The van der Waals surface area contributed by atoms with E-state index in [2.05, 4.69) is 36.5 Å². The quantitative estimate of drug-likeness (QED) is 0.729. The molecule has 3 nitrogen and oxygen atoms in total. The van der Waals surface area contributed by atoms with E-state index in [4.69, 9.17) is 4.42 Å². The molecule has 1 aromatic heterocycles. The number of aliphatic hydroxyl groups excluding tert-OH is 1. The van der Waals surface area contributed by atoms with E-state index in [1.165, 1.54) is 11.1 Å². The molecule has 0 saturated heterocycles. The first-order chi connectivity index (χ1) is 11.6. The summed E-state index contributed by atoms with van der Waals surface area (Å²) < 4.78 is 5.93. The molecule has 0 unspecified atom stereocenters. The van der Waals surface area contributed by atoms with E-state index in [-0.39, 0.29) is 0 Å². The third-order valence-corrected chi connectivity index (χ3v) is 4.19. The molecule has 24 heavy (non-hydrogen) atoms. The van der Waals surface area contributed by atoms with Crippen molar-refractivity contribution in [3.05, 3.63) is 83.1 Å². The summed E-state index contributed by atoms with van der Waals surface area (Å²) in [6.07, 6.45) is -0.442. The fourth-order valence-electron chi connectivity index (χ4n) is 2.67. The van der Waals surface area contributed by atoms with E-state index in [1.807, 2.05) is 36.4 Å². The molecule has 124 valence electrons. The molecule has 0 fully saturated rings. The highest BCUT2D eigenvalue weighted by Gasteiger charge is 2.07. The van der Waals surface area contributed by atoms with Crippen molar-refractivity contribution in [1.29, 1.82) is 0 Å². The zero-order chi connectivity index (χ0) is 16.9. The molecule has 1 heterocycles. The summed E-state index contributed by atoms with van der Waals surface area (Å²) in [7, 11) is 0. The van der Waals surface area contributed by atoms with Crippen LogP contribution in [0, 0.1) is 6.92 Å². The number of quaternary nitrogens is 1. The Labute approximate surface area is 143 Å². The maximum absolute atomic E-state index is 9.57. The molecule has 3 heteroatoms. The summed E-state index contributed by atoms with van der Waals surface area (Å²) in [5.41, 5.74) is 4.55. The van der Waals surface area contributed by atoms with Crippen LogP contribution in [0.3, 0.4) is 0 Å². The lowest BCUT2D eigenvalue weighted by Crippen LogP contribution is -2.80. The van der Waals surface area contributed by atoms with Gasteiger partial charge in [0.05, 0.1) is 6.10 Å². The third-order valence-electron chi connectivity index (χ3n) is 4.19. The summed E-state index contributed by atoms with van der Waals surface area (Å²) in [6.45, 7) is 5.63. The second-order valence-corrected chi connectivity index (χ2v) is 6.25. The van der Waals surface area contributed by atoms with E-state index in [1.54, 1.807) is 6.92 Å². The molecule has 3 N–H and O–H groups in total. The van der Waals surface area contributed by atoms with Crippen LogP contribution < -0.4 is 5.32 Å². The minimum Gasteiger partial charge on any atom is -0.455 e. The maximum Gasteiger partial charge on any atom is 0.158 e. The Hall–Kier alpha value is -2.36. The largest absolute Gasteiger partial charge is 0.455 e. The van der Waals surface area contributed by atoms with Crippen LogP contribution in [-0.4, -0.2) is 5.11 Å². The minimum atomic E-state index is -0.442. The van der Waals surface area contributed by atoms with Crippen LogP contribution in [0.15, 0.2) is 65.1 Å². The highest BCUT2D eigenvalue weighted by atomic mass is 16.3. The number of rotatable bonds is 6. The van der Waals surface area contributed by atoms with Gasteiger partial charge in [-0.2, -0.15) is 0 Å². The van der Waals surface area contributed by atoms with Crippen LogP contribution in [0.2, 0.25) is 0 Å². The first-order valence-electron chi connectivity index (χ1n) is 8.36. The van der Waals surface area contributed by atoms with E-state index < -0.39 is 6.10 Å². The Morgan fingerprint density at radius 3 is 2.29 bits per heavy atom. The zero-order valence-corrected chi connectivity index (χ0v) is 14.2. The zero-order valence-electron chi connectivity index (χ0n) is 14.2. The number of furan rings is 1. The second-order valence-electron chi connectivity index (χ2n) is 6.25. The fourth-order valence-corrected chi connectivity index (χ4v) is 2.67. The molecular weight excluding hydrogens is 298 g/mol. The molecule has 0 amide bonds. The standard InChI is InChI=1S/C21H23NO2/c1-15-3-5-17(6-4-15)13-22-14-20-11-12-21(24-20)19-9-7-18(8-10-19)16(2)23/h3-12,16,22-23H,13-14H2,1-2H3/p+1/t16-/m0/s1. The van der Waals surface area contributed by atoms with E-state index in [9.17, 15) is 5.11 Å². The predicted octanol–water partition coefficient (Wildman–Crippen LogP) is 3.57. The number of hydrogen-bond donors (Lipinski definition) is 2. The monoisotopic (exact) mass is 322 g/mol. The van der Waals surface area contributed by atoms with Gasteiger partial charge in [-0.15, -0.1) is 0 Å². The van der Waals surface area contributed by atoms with Gasteiger partial charge in [0.2, 0.25) is 0 Å². The van der Waals surface area contributed by atoms with Crippen LogP contribution in [0.1, 0.15) is 35.5 Å². The SMILES string of the molecule is Cc1ccc(C[NH2+]Cc2ccc(-c3ccc([C@H](C)O)cc3)o2)cc1.